The predicted octanol–water partition coefficient (Wildman–Crippen LogP) is 11.2. The zero-order chi connectivity index (χ0) is 23.6. The highest BCUT2D eigenvalue weighted by Crippen LogP contribution is 2.61. The molecule has 2 aliphatic rings. The third-order valence-corrected chi connectivity index (χ3v) is 8.63. The summed E-state index contributed by atoms with van der Waals surface area (Å²) in [6.45, 7) is 9.44. The molecule has 184 valence electrons. The molecule has 0 radical (unpaired) electrons. The average Bonchev–Trinajstić information content (AvgIpc) is 3.19. The minimum atomic E-state index is 0.381. The number of fused-ring (bicyclic) bond motifs is 3. The van der Waals surface area contributed by atoms with Crippen LogP contribution in [0.4, 0.5) is 0 Å². The molecule has 3 rings (SSSR count). The Hall–Kier alpha value is -1.30. The summed E-state index contributed by atoms with van der Waals surface area (Å²) < 4.78 is 0. The summed E-state index contributed by atoms with van der Waals surface area (Å²) in [4.78, 5) is 0. The summed E-state index contributed by atoms with van der Waals surface area (Å²) in [5.74, 6) is 0. The van der Waals surface area contributed by atoms with E-state index >= 15 is 0 Å². The second-order valence-corrected chi connectivity index (χ2v) is 11.4. The zero-order valence-corrected chi connectivity index (χ0v) is 22.5. The van der Waals surface area contributed by atoms with Crippen molar-refractivity contribution in [1.29, 1.82) is 0 Å². The van der Waals surface area contributed by atoms with Gasteiger partial charge >= 0.3 is 0 Å². The van der Waals surface area contributed by atoms with E-state index in [1.165, 1.54) is 120 Å². The first-order valence-corrected chi connectivity index (χ1v) is 14.7. The normalized spacial score (nSPS) is 17.9. The molecule has 0 saturated heterocycles. The Morgan fingerprint density at radius 3 is 1.70 bits per heavy atom. The summed E-state index contributed by atoms with van der Waals surface area (Å²) in [5, 5.41) is 0. The third-order valence-electron chi connectivity index (χ3n) is 8.63. The van der Waals surface area contributed by atoms with Crippen LogP contribution < -0.4 is 0 Å². The summed E-state index contributed by atoms with van der Waals surface area (Å²) in [5.41, 5.74) is 7.14. The summed E-state index contributed by atoms with van der Waals surface area (Å²) >= 11 is 0. The van der Waals surface area contributed by atoms with Crippen LogP contribution in [-0.2, 0) is 0 Å². The van der Waals surface area contributed by atoms with Crippen molar-refractivity contribution in [1.82, 2.24) is 0 Å². The Balaban J connectivity index is 2.06. The molecular formula is C33H52. The smallest absolute Gasteiger partial charge is 0.00325 e. The highest BCUT2D eigenvalue weighted by molar-refractivity contribution is 5.96. The average molecular weight is 449 g/mol. The minimum Gasteiger partial charge on any atom is -0.0701 e. The van der Waals surface area contributed by atoms with Gasteiger partial charge in [0, 0.05) is 0 Å². The van der Waals surface area contributed by atoms with Crippen molar-refractivity contribution in [3.8, 4) is 0 Å². The molecule has 0 nitrogen and oxygen atoms in total. The van der Waals surface area contributed by atoms with Crippen molar-refractivity contribution >= 4 is 11.6 Å². The van der Waals surface area contributed by atoms with Gasteiger partial charge in [0.05, 0.1) is 0 Å². The largest absolute Gasteiger partial charge is 0.0701 e. The molecule has 0 bridgehead atoms. The molecule has 33 heavy (non-hydrogen) atoms. The van der Waals surface area contributed by atoms with E-state index in [0.29, 0.717) is 10.8 Å². The third kappa shape index (κ3) is 6.43. The molecular weight excluding hydrogens is 396 g/mol. The van der Waals surface area contributed by atoms with Crippen LogP contribution in [0.1, 0.15) is 148 Å². The first-order valence-electron chi connectivity index (χ1n) is 14.7. The van der Waals surface area contributed by atoms with Crippen molar-refractivity contribution in [2.45, 2.75) is 137 Å². The molecule has 1 aromatic rings. The molecule has 0 unspecified atom stereocenters. The zero-order valence-electron chi connectivity index (χ0n) is 22.5. The SMILES string of the molecule is CCCCCC1(CCCCC)C=C2C(=Cc3ccccc32)C(CCCCC)(CCCCC)C1. The molecule has 2 aliphatic carbocycles. The van der Waals surface area contributed by atoms with Crippen LogP contribution in [0.2, 0.25) is 0 Å². The van der Waals surface area contributed by atoms with Gasteiger partial charge in [0.15, 0.2) is 0 Å². The Kier molecular flexibility index (Phi) is 10.3. The van der Waals surface area contributed by atoms with E-state index in [0.717, 1.165) is 0 Å². The van der Waals surface area contributed by atoms with Gasteiger partial charge in [-0.1, -0.05) is 135 Å². The highest BCUT2D eigenvalue weighted by atomic mass is 14.5. The van der Waals surface area contributed by atoms with Gasteiger partial charge in [0.1, 0.15) is 0 Å². The number of unbranched alkanes of at least 4 members (excludes halogenated alkanes) is 8. The number of hydrogen-bond donors (Lipinski definition) is 0. The van der Waals surface area contributed by atoms with Gasteiger partial charge in [-0.2, -0.15) is 0 Å². The number of hydrogen-bond acceptors (Lipinski definition) is 0. The summed E-state index contributed by atoms with van der Waals surface area (Å²) in [6, 6.07) is 9.26. The quantitative estimate of drug-likeness (QED) is 0.220. The van der Waals surface area contributed by atoms with Crippen molar-refractivity contribution < 1.29 is 0 Å². The van der Waals surface area contributed by atoms with Crippen LogP contribution >= 0.6 is 0 Å². The molecule has 0 atom stereocenters. The molecule has 0 N–H and O–H groups in total. The lowest BCUT2D eigenvalue weighted by atomic mass is 9.55. The highest BCUT2D eigenvalue weighted by Gasteiger charge is 2.47. The van der Waals surface area contributed by atoms with E-state index in [1.54, 1.807) is 11.1 Å². The fraction of sp³-hybridized carbons (Fsp3) is 0.697. The van der Waals surface area contributed by atoms with E-state index in [1.807, 2.05) is 0 Å². The maximum Gasteiger partial charge on any atom is -0.00325 e. The number of rotatable bonds is 16. The number of benzene rings is 1. The van der Waals surface area contributed by atoms with Gasteiger partial charge < -0.3 is 0 Å². The van der Waals surface area contributed by atoms with Crippen molar-refractivity contribution in [3.63, 3.8) is 0 Å². The van der Waals surface area contributed by atoms with E-state index in [-0.39, 0.29) is 0 Å². The lowest BCUT2D eigenvalue weighted by molar-refractivity contribution is 0.143. The molecule has 0 spiro atoms. The second kappa shape index (κ2) is 13.0. The minimum absolute atomic E-state index is 0.381. The van der Waals surface area contributed by atoms with Crippen LogP contribution in [-0.4, -0.2) is 0 Å². The molecule has 0 heteroatoms. The van der Waals surface area contributed by atoms with Crippen molar-refractivity contribution in [3.05, 3.63) is 47.0 Å². The van der Waals surface area contributed by atoms with Gasteiger partial charge in [0.2, 0.25) is 0 Å². The van der Waals surface area contributed by atoms with Gasteiger partial charge in [-0.25, -0.2) is 0 Å². The van der Waals surface area contributed by atoms with E-state index in [4.69, 9.17) is 0 Å². The molecule has 0 fully saturated rings. The Labute approximate surface area is 206 Å². The van der Waals surface area contributed by atoms with Gasteiger partial charge in [-0.05, 0) is 71.3 Å². The van der Waals surface area contributed by atoms with Crippen LogP contribution in [0.5, 0.6) is 0 Å². The maximum atomic E-state index is 2.81. The Bertz CT molecular complexity index is 757. The van der Waals surface area contributed by atoms with Crippen LogP contribution in [0, 0.1) is 10.8 Å². The molecule has 0 aliphatic heterocycles. The Morgan fingerprint density at radius 1 is 0.636 bits per heavy atom. The first-order chi connectivity index (χ1) is 16.1. The monoisotopic (exact) mass is 448 g/mol. The molecule has 0 heterocycles. The fourth-order valence-corrected chi connectivity index (χ4v) is 6.87. The van der Waals surface area contributed by atoms with E-state index < -0.39 is 0 Å². The maximum absolute atomic E-state index is 2.81. The van der Waals surface area contributed by atoms with Crippen molar-refractivity contribution in [2.24, 2.45) is 10.8 Å². The molecule has 0 amide bonds. The fourth-order valence-electron chi connectivity index (χ4n) is 6.87. The van der Waals surface area contributed by atoms with Gasteiger partial charge in [0.25, 0.3) is 0 Å². The summed E-state index contributed by atoms with van der Waals surface area (Å²) in [7, 11) is 0. The number of allylic oxidation sites excluding steroid dienone is 3. The van der Waals surface area contributed by atoms with E-state index in [2.05, 4.69) is 64.1 Å². The topological polar surface area (TPSA) is 0 Å². The summed E-state index contributed by atoms with van der Waals surface area (Å²) in [6.07, 6.45) is 28.8. The van der Waals surface area contributed by atoms with Crippen LogP contribution in [0.25, 0.3) is 11.6 Å². The molecule has 0 aromatic heterocycles. The molecule has 1 aromatic carbocycles. The van der Waals surface area contributed by atoms with Gasteiger partial charge in [-0.3, -0.25) is 0 Å². The lowest BCUT2D eigenvalue weighted by Crippen LogP contribution is -2.36. The first kappa shape index (κ1) is 26.3. The lowest BCUT2D eigenvalue weighted by Gasteiger charge is -2.49. The second-order valence-electron chi connectivity index (χ2n) is 11.4. The van der Waals surface area contributed by atoms with Gasteiger partial charge in [-0.15, -0.1) is 0 Å². The standard InChI is InChI=1S/C33H52/c1-5-9-15-21-32(22-16-10-6-2)26-30-29-20-14-13-19-28(29)25-31(30)33(27-32,23-17-11-7-3)24-18-12-8-4/h13-14,19-20,25-26H,5-12,15-18,21-24,27H2,1-4H3. The Morgan fingerprint density at radius 2 is 1.15 bits per heavy atom. The van der Waals surface area contributed by atoms with E-state index in [9.17, 15) is 0 Å². The molecule has 0 saturated carbocycles. The predicted molar refractivity (Wildman–Crippen MR) is 148 cm³/mol. The van der Waals surface area contributed by atoms with Crippen molar-refractivity contribution in [2.75, 3.05) is 0 Å². The van der Waals surface area contributed by atoms with Crippen LogP contribution in [0.3, 0.4) is 0 Å². The van der Waals surface area contributed by atoms with Crippen LogP contribution in [0.15, 0.2) is 35.9 Å².